The maximum absolute atomic E-state index is 12.1. The number of esters is 1. The van der Waals surface area contributed by atoms with Gasteiger partial charge in [-0.3, -0.25) is 0 Å². The molecule has 4 heteroatoms. The zero-order chi connectivity index (χ0) is 17.6. The van der Waals surface area contributed by atoms with Crippen molar-refractivity contribution in [3.63, 3.8) is 0 Å². The third-order valence-corrected chi connectivity index (χ3v) is 4.12. The molecule has 0 fully saturated rings. The summed E-state index contributed by atoms with van der Waals surface area (Å²) in [4.78, 5) is 12.1. The normalized spacial score (nSPS) is 10.6. The van der Waals surface area contributed by atoms with Gasteiger partial charge in [0.2, 0.25) is 0 Å². The topological polar surface area (TPSA) is 44.8 Å². The number of ether oxygens (including phenoxy) is 3. The second kappa shape index (κ2) is 7.81. The van der Waals surface area contributed by atoms with E-state index in [0.717, 1.165) is 11.1 Å². The van der Waals surface area contributed by atoms with E-state index >= 15 is 0 Å². The van der Waals surface area contributed by atoms with Gasteiger partial charge in [-0.25, -0.2) is 4.79 Å². The van der Waals surface area contributed by atoms with Crippen molar-refractivity contribution in [1.29, 1.82) is 0 Å². The van der Waals surface area contributed by atoms with E-state index in [0.29, 0.717) is 24.5 Å². The third-order valence-electron chi connectivity index (χ3n) is 4.12. The van der Waals surface area contributed by atoms with Gasteiger partial charge in [-0.1, -0.05) is 54.6 Å². The zero-order valence-corrected chi connectivity index (χ0v) is 14.3. The largest absolute Gasteiger partial charge is 0.496 e. The first-order chi connectivity index (χ1) is 12.2. The van der Waals surface area contributed by atoms with Gasteiger partial charge in [0.15, 0.2) is 0 Å². The highest BCUT2D eigenvalue weighted by molar-refractivity contribution is 5.94. The van der Waals surface area contributed by atoms with Crippen molar-refractivity contribution < 1.29 is 19.0 Å². The van der Waals surface area contributed by atoms with Gasteiger partial charge in [0, 0.05) is 0 Å². The average Bonchev–Trinajstić information content (AvgIpc) is 2.67. The Balaban J connectivity index is 1.79. The Morgan fingerprint density at radius 2 is 1.52 bits per heavy atom. The first-order valence-corrected chi connectivity index (χ1v) is 8.03. The smallest absolute Gasteiger partial charge is 0.342 e. The first-order valence-electron chi connectivity index (χ1n) is 8.03. The van der Waals surface area contributed by atoms with Gasteiger partial charge >= 0.3 is 5.97 Å². The van der Waals surface area contributed by atoms with Crippen molar-refractivity contribution in [2.75, 3.05) is 14.2 Å². The summed E-state index contributed by atoms with van der Waals surface area (Å²) in [5.74, 6) is 0.0549. The monoisotopic (exact) mass is 336 g/mol. The molecule has 0 aliphatic rings. The van der Waals surface area contributed by atoms with Crippen LogP contribution in [0.1, 0.15) is 21.5 Å². The molecule has 0 atom stereocenters. The molecule has 128 valence electrons. The molecule has 0 N–H and O–H groups in total. The van der Waals surface area contributed by atoms with E-state index in [1.54, 1.807) is 6.07 Å². The quantitative estimate of drug-likeness (QED) is 0.628. The molecule has 0 heterocycles. The highest BCUT2D eigenvalue weighted by Crippen LogP contribution is 2.25. The molecule has 3 aromatic carbocycles. The van der Waals surface area contributed by atoms with Crippen molar-refractivity contribution in [1.82, 2.24) is 0 Å². The Labute approximate surface area is 146 Å². The molecule has 4 nitrogen and oxygen atoms in total. The van der Waals surface area contributed by atoms with E-state index in [9.17, 15) is 4.79 Å². The average molecular weight is 336 g/mol. The number of benzene rings is 3. The van der Waals surface area contributed by atoms with E-state index in [4.69, 9.17) is 14.2 Å². The van der Waals surface area contributed by atoms with Crippen molar-refractivity contribution >= 4 is 16.7 Å². The van der Waals surface area contributed by atoms with Crippen LogP contribution in [0.4, 0.5) is 0 Å². The summed E-state index contributed by atoms with van der Waals surface area (Å²) in [6, 6.07) is 19.8. The maximum atomic E-state index is 12.1. The minimum Gasteiger partial charge on any atom is -0.496 e. The fourth-order valence-corrected chi connectivity index (χ4v) is 2.89. The lowest BCUT2D eigenvalue weighted by Crippen LogP contribution is -2.09. The van der Waals surface area contributed by atoms with Gasteiger partial charge in [0.1, 0.15) is 11.3 Å². The fraction of sp³-hybridized carbons (Fsp3) is 0.190. The molecule has 0 aliphatic carbocycles. The summed E-state index contributed by atoms with van der Waals surface area (Å²) in [6.07, 6.45) is 0. The van der Waals surface area contributed by atoms with Crippen LogP contribution in [0.25, 0.3) is 10.8 Å². The van der Waals surface area contributed by atoms with Crippen LogP contribution in [0.15, 0.2) is 60.7 Å². The van der Waals surface area contributed by atoms with Crippen LogP contribution < -0.4 is 4.74 Å². The molecule has 0 unspecified atom stereocenters. The molecule has 0 saturated heterocycles. The Morgan fingerprint density at radius 3 is 2.32 bits per heavy atom. The second-order valence-corrected chi connectivity index (χ2v) is 5.62. The van der Waals surface area contributed by atoms with Gasteiger partial charge in [0.05, 0.1) is 27.4 Å². The number of rotatable bonds is 6. The predicted octanol–water partition coefficient (Wildman–Crippen LogP) is 4.35. The van der Waals surface area contributed by atoms with Crippen molar-refractivity contribution in [2.24, 2.45) is 0 Å². The SMILES string of the molecule is COC(=O)c1c(COCc2cccc3ccccc23)cccc1OC. The molecule has 0 radical (unpaired) electrons. The lowest BCUT2D eigenvalue weighted by Gasteiger charge is -2.13. The molecule has 25 heavy (non-hydrogen) atoms. The van der Waals surface area contributed by atoms with E-state index in [-0.39, 0.29) is 0 Å². The molecule has 0 aromatic heterocycles. The Bertz CT molecular complexity index is 881. The molecule has 0 spiro atoms. The molecule has 3 aromatic rings. The summed E-state index contributed by atoms with van der Waals surface area (Å²) in [7, 11) is 2.89. The van der Waals surface area contributed by atoms with E-state index in [2.05, 4.69) is 24.3 Å². The number of fused-ring (bicyclic) bond motifs is 1. The Hall–Kier alpha value is -2.85. The first kappa shape index (κ1) is 17.0. The number of hydrogen-bond acceptors (Lipinski definition) is 4. The van der Waals surface area contributed by atoms with Crippen LogP contribution in [0.3, 0.4) is 0 Å². The minimum atomic E-state index is -0.429. The molecular weight excluding hydrogens is 316 g/mol. The highest BCUT2D eigenvalue weighted by Gasteiger charge is 2.17. The van der Waals surface area contributed by atoms with Crippen LogP contribution in [0, 0.1) is 0 Å². The zero-order valence-electron chi connectivity index (χ0n) is 14.3. The van der Waals surface area contributed by atoms with E-state index in [1.807, 2.05) is 30.3 Å². The van der Waals surface area contributed by atoms with Crippen LogP contribution in [-0.2, 0) is 22.7 Å². The third kappa shape index (κ3) is 3.64. The Kier molecular flexibility index (Phi) is 5.31. The fourth-order valence-electron chi connectivity index (χ4n) is 2.89. The van der Waals surface area contributed by atoms with Crippen LogP contribution >= 0.6 is 0 Å². The van der Waals surface area contributed by atoms with Gasteiger partial charge in [-0.15, -0.1) is 0 Å². The molecule has 0 bridgehead atoms. The van der Waals surface area contributed by atoms with E-state index in [1.165, 1.54) is 25.0 Å². The second-order valence-electron chi connectivity index (χ2n) is 5.62. The standard InChI is InChI=1S/C21H20O4/c1-23-19-12-6-10-17(20(19)21(22)24-2)14-25-13-16-9-5-8-15-7-3-4-11-18(15)16/h3-12H,13-14H2,1-2H3. The van der Waals surface area contributed by atoms with Gasteiger partial charge in [-0.05, 0) is 28.0 Å². The number of carbonyl (C=O) groups excluding carboxylic acids is 1. The summed E-state index contributed by atoms with van der Waals surface area (Å²) < 4.78 is 16.0. The molecule has 0 saturated carbocycles. The van der Waals surface area contributed by atoms with Crippen LogP contribution in [-0.4, -0.2) is 20.2 Å². The highest BCUT2D eigenvalue weighted by atomic mass is 16.5. The molecule has 0 amide bonds. The van der Waals surface area contributed by atoms with E-state index < -0.39 is 5.97 Å². The number of hydrogen-bond donors (Lipinski definition) is 0. The van der Waals surface area contributed by atoms with Gasteiger partial charge in [-0.2, -0.15) is 0 Å². The summed E-state index contributed by atoms with van der Waals surface area (Å²) in [6.45, 7) is 0.754. The predicted molar refractivity (Wildman–Crippen MR) is 96.8 cm³/mol. The van der Waals surface area contributed by atoms with Crippen LogP contribution in [0.5, 0.6) is 5.75 Å². The van der Waals surface area contributed by atoms with Gasteiger partial charge < -0.3 is 14.2 Å². The van der Waals surface area contributed by atoms with Crippen molar-refractivity contribution in [3.05, 3.63) is 77.4 Å². The van der Waals surface area contributed by atoms with Crippen LogP contribution in [0.2, 0.25) is 0 Å². The Morgan fingerprint density at radius 1 is 0.840 bits per heavy atom. The minimum absolute atomic E-state index is 0.296. The van der Waals surface area contributed by atoms with Crippen molar-refractivity contribution in [2.45, 2.75) is 13.2 Å². The summed E-state index contributed by atoms with van der Waals surface area (Å²) >= 11 is 0. The lowest BCUT2D eigenvalue weighted by molar-refractivity contribution is 0.0586. The number of carbonyl (C=O) groups is 1. The van der Waals surface area contributed by atoms with Gasteiger partial charge in [0.25, 0.3) is 0 Å². The summed E-state index contributed by atoms with van der Waals surface area (Å²) in [5, 5.41) is 2.35. The molecule has 3 rings (SSSR count). The summed E-state index contributed by atoms with van der Waals surface area (Å²) in [5.41, 5.74) is 2.26. The van der Waals surface area contributed by atoms with Crippen molar-refractivity contribution in [3.8, 4) is 5.75 Å². The maximum Gasteiger partial charge on any atom is 0.342 e. The molecular formula is C21H20O4. The lowest BCUT2D eigenvalue weighted by atomic mass is 10.1. The molecule has 0 aliphatic heterocycles. The number of methoxy groups -OCH3 is 2.